The van der Waals surface area contributed by atoms with Gasteiger partial charge in [0.1, 0.15) is 11.8 Å². The Hall–Kier alpha value is -2.71. The van der Waals surface area contributed by atoms with Crippen LogP contribution in [0.3, 0.4) is 0 Å². The number of aromatic nitrogens is 3. The van der Waals surface area contributed by atoms with E-state index in [2.05, 4.69) is 53.5 Å². The average molecular weight is 376 g/mol. The molecule has 5 heteroatoms. The van der Waals surface area contributed by atoms with Crippen LogP contribution in [0.25, 0.3) is 23.2 Å². The lowest BCUT2D eigenvalue weighted by molar-refractivity contribution is 0.311. The van der Waals surface area contributed by atoms with Crippen LogP contribution >= 0.6 is 0 Å². The van der Waals surface area contributed by atoms with Crippen LogP contribution in [0.5, 0.6) is 0 Å². The number of rotatable bonds is 5. The third kappa shape index (κ3) is 3.53. The van der Waals surface area contributed by atoms with Gasteiger partial charge in [-0.1, -0.05) is 24.1 Å². The average Bonchev–Trinajstić information content (AvgIpc) is 2.99. The Morgan fingerprint density at radius 2 is 2.00 bits per heavy atom. The van der Waals surface area contributed by atoms with Gasteiger partial charge in [-0.2, -0.15) is 5.26 Å². The van der Waals surface area contributed by atoms with Gasteiger partial charge in [0.05, 0.1) is 10.9 Å². The van der Waals surface area contributed by atoms with Gasteiger partial charge in [0.2, 0.25) is 0 Å². The van der Waals surface area contributed by atoms with Gasteiger partial charge in [0, 0.05) is 35.8 Å². The van der Waals surface area contributed by atoms with Crippen molar-refractivity contribution < 1.29 is 0 Å². The van der Waals surface area contributed by atoms with Crippen molar-refractivity contribution in [3.05, 3.63) is 45.7 Å². The summed E-state index contributed by atoms with van der Waals surface area (Å²) in [5, 5.41) is 12.3. The smallest absolute Gasteiger partial charge is 0.177 e. The number of nitriles is 1. The van der Waals surface area contributed by atoms with Gasteiger partial charge in [-0.15, -0.1) is 0 Å². The quantitative estimate of drug-likeness (QED) is 0.869. The van der Waals surface area contributed by atoms with E-state index in [-0.39, 0.29) is 0 Å². The van der Waals surface area contributed by atoms with Crippen molar-refractivity contribution in [3.8, 4) is 17.6 Å². The summed E-state index contributed by atoms with van der Waals surface area (Å²) in [6.45, 7) is 8.80. The van der Waals surface area contributed by atoms with Crippen molar-refractivity contribution in [1.29, 1.82) is 5.26 Å². The zero-order valence-corrected chi connectivity index (χ0v) is 17.3. The van der Waals surface area contributed by atoms with Gasteiger partial charge in [-0.3, -0.25) is 0 Å². The van der Waals surface area contributed by atoms with Crippen LogP contribution in [0.2, 0.25) is 0 Å². The molecule has 3 rings (SSSR count). The number of nitrogens with zero attached hydrogens (tertiary/aromatic N) is 4. The van der Waals surface area contributed by atoms with E-state index in [1.165, 1.54) is 17.6 Å². The van der Waals surface area contributed by atoms with Gasteiger partial charge in [-0.05, 0) is 52.5 Å². The van der Waals surface area contributed by atoms with Crippen LogP contribution < -0.4 is 16.3 Å². The Kier molecular flexibility index (Phi) is 6.11. The minimum Gasteiger partial charge on any atom is -0.334 e. The summed E-state index contributed by atoms with van der Waals surface area (Å²) in [6, 6.07) is 2.86. The lowest BCUT2D eigenvalue weighted by atomic mass is 9.92. The number of allylic oxidation sites excluding steroid dienone is 2. The number of nitrogens with two attached hydrogens (primary N) is 1. The lowest BCUT2D eigenvalue weighted by Gasteiger charge is -2.29. The summed E-state index contributed by atoms with van der Waals surface area (Å²) in [4.78, 5) is 9.14. The largest absolute Gasteiger partial charge is 0.334 e. The normalized spacial score (nSPS) is 16.7. The zero-order chi connectivity index (χ0) is 20.3. The molecule has 0 aliphatic heterocycles. The van der Waals surface area contributed by atoms with Gasteiger partial charge in [-0.25, -0.2) is 9.97 Å². The topological polar surface area (TPSA) is 80.5 Å². The summed E-state index contributed by atoms with van der Waals surface area (Å²) in [5.41, 5.74) is 10.5. The molecule has 0 radical (unpaired) electrons. The minimum atomic E-state index is 0.384. The second-order valence-electron chi connectivity index (χ2n) is 7.48. The van der Waals surface area contributed by atoms with Crippen LogP contribution in [-0.2, 0) is 6.54 Å². The predicted octanol–water partition coefficient (Wildman–Crippen LogP) is 3.33. The molecule has 2 aromatic rings. The molecular formula is C23H29N5. The van der Waals surface area contributed by atoms with Crippen LogP contribution in [0.4, 0.5) is 0 Å². The summed E-state index contributed by atoms with van der Waals surface area (Å²) in [6.07, 6.45) is 12.2. The standard InChI is InChI=1S/C23H29N5/c1-5-15(3)10-20-21(16(4)6-2)19(12-25)22(28(20)18-8-7-9-18)23-26-13-17(11-24)14-27-23/h5,10,13-14,18H,6-9,11,24H2,1-4H3. The third-order valence-electron chi connectivity index (χ3n) is 5.72. The number of hydrogen-bond acceptors (Lipinski definition) is 4. The molecule has 0 amide bonds. The molecule has 0 saturated heterocycles. The number of hydrogen-bond donors (Lipinski definition) is 1. The summed E-state index contributed by atoms with van der Waals surface area (Å²) >= 11 is 0. The van der Waals surface area contributed by atoms with E-state index in [4.69, 9.17) is 5.73 Å². The molecule has 0 aromatic carbocycles. The highest BCUT2D eigenvalue weighted by atomic mass is 15.1. The van der Waals surface area contributed by atoms with Crippen molar-refractivity contribution >= 4 is 11.6 Å². The fraction of sp³-hybridized carbons (Fsp3) is 0.435. The predicted molar refractivity (Wildman–Crippen MR) is 113 cm³/mol. The molecule has 0 bridgehead atoms. The van der Waals surface area contributed by atoms with Crippen molar-refractivity contribution in [2.45, 2.75) is 66.0 Å². The molecule has 5 nitrogen and oxygen atoms in total. The lowest BCUT2D eigenvalue weighted by Crippen LogP contribution is -2.36. The summed E-state index contributed by atoms with van der Waals surface area (Å²) < 4.78 is 2.32. The molecule has 1 fully saturated rings. The summed E-state index contributed by atoms with van der Waals surface area (Å²) in [5.74, 6) is 0.601. The molecule has 146 valence electrons. The van der Waals surface area contributed by atoms with Gasteiger partial charge in [0.25, 0.3) is 0 Å². The van der Waals surface area contributed by atoms with E-state index in [1.54, 1.807) is 12.4 Å². The van der Waals surface area contributed by atoms with Crippen molar-refractivity contribution in [2.24, 2.45) is 5.73 Å². The van der Waals surface area contributed by atoms with E-state index >= 15 is 0 Å². The molecule has 0 unspecified atom stereocenters. The Morgan fingerprint density at radius 3 is 2.46 bits per heavy atom. The monoisotopic (exact) mass is 375 g/mol. The highest BCUT2D eigenvalue weighted by Gasteiger charge is 2.28. The van der Waals surface area contributed by atoms with E-state index in [1.807, 2.05) is 6.92 Å². The van der Waals surface area contributed by atoms with Crippen molar-refractivity contribution in [1.82, 2.24) is 14.5 Å². The molecule has 28 heavy (non-hydrogen) atoms. The van der Waals surface area contributed by atoms with Crippen molar-refractivity contribution in [2.75, 3.05) is 0 Å². The van der Waals surface area contributed by atoms with Gasteiger partial charge >= 0.3 is 0 Å². The van der Waals surface area contributed by atoms with Crippen LogP contribution in [0, 0.1) is 11.3 Å². The first-order valence-electron chi connectivity index (χ1n) is 10.1. The molecule has 0 spiro atoms. The highest BCUT2D eigenvalue weighted by molar-refractivity contribution is 5.67. The first-order valence-corrected chi connectivity index (χ1v) is 10.1. The fourth-order valence-corrected chi connectivity index (χ4v) is 3.59. The second kappa shape index (κ2) is 8.53. The molecular weight excluding hydrogens is 346 g/mol. The molecule has 0 atom stereocenters. The van der Waals surface area contributed by atoms with Crippen LogP contribution in [0.15, 0.2) is 24.0 Å². The molecule has 2 aromatic heterocycles. The third-order valence-corrected chi connectivity index (χ3v) is 5.72. The first kappa shape index (κ1) is 20.0. The Labute approximate surface area is 166 Å². The first-order chi connectivity index (χ1) is 13.5. The molecule has 1 saturated carbocycles. The van der Waals surface area contributed by atoms with Crippen molar-refractivity contribution in [3.63, 3.8) is 0 Å². The Bertz CT molecular complexity index is 1040. The molecule has 2 heterocycles. The van der Waals surface area contributed by atoms with E-state index < -0.39 is 0 Å². The maximum absolute atomic E-state index is 10.1. The summed E-state index contributed by atoms with van der Waals surface area (Å²) in [7, 11) is 0. The fourth-order valence-electron chi connectivity index (χ4n) is 3.59. The highest BCUT2D eigenvalue weighted by Crippen LogP contribution is 2.34. The SMILES string of the molecule is CC=C(C)C=c1c(=C(C)CC)c(C#N)c(-c2ncc(CN)cn2)n1C1CCC1. The van der Waals surface area contributed by atoms with Gasteiger partial charge < -0.3 is 10.3 Å². The van der Waals surface area contributed by atoms with E-state index in [9.17, 15) is 5.26 Å². The Balaban J connectivity index is 2.47. The molecule has 2 N–H and O–H groups in total. The van der Waals surface area contributed by atoms with Crippen LogP contribution in [-0.4, -0.2) is 14.5 Å². The van der Waals surface area contributed by atoms with E-state index in [0.29, 0.717) is 24.0 Å². The van der Waals surface area contributed by atoms with Gasteiger partial charge in [0.15, 0.2) is 5.82 Å². The maximum Gasteiger partial charge on any atom is 0.177 e. The zero-order valence-electron chi connectivity index (χ0n) is 17.3. The molecule has 1 aliphatic rings. The maximum atomic E-state index is 10.1. The minimum absolute atomic E-state index is 0.384. The van der Waals surface area contributed by atoms with E-state index in [0.717, 1.165) is 41.1 Å². The second-order valence-corrected chi connectivity index (χ2v) is 7.48. The Morgan fingerprint density at radius 1 is 1.32 bits per heavy atom. The van der Waals surface area contributed by atoms with Crippen LogP contribution in [0.1, 0.15) is 70.5 Å². The molecule has 1 aliphatic carbocycles.